The van der Waals surface area contributed by atoms with Crippen LogP contribution >= 0.6 is 11.8 Å². The zero-order chi connectivity index (χ0) is 9.42. The van der Waals surface area contributed by atoms with Crippen molar-refractivity contribution in [2.24, 2.45) is 0 Å². The molecule has 2 N–H and O–H groups in total. The molecule has 13 heavy (non-hydrogen) atoms. The van der Waals surface area contributed by atoms with Crippen molar-refractivity contribution in [1.29, 1.82) is 0 Å². The van der Waals surface area contributed by atoms with Gasteiger partial charge in [0.05, 0.1) is 0 Å². The van der Waals surface area contributed by atoms with Crippen molar-refractivity contribution in [1.82, 2.24) is 0 Å². The first kappa shape index (κ1) is 8.59. The average molecular weight is 196 g/mol. The van der Waals surface area contributed by atoms with Crippen LogP contribution in [-0.4, -0.2) is 21.4 Å². The quantitative estimate of drug-likeness (QED) is 0.710. The van der Waals surface area contributed by atoms with Crippen LogP contribution < -0.4 is 0 Å². The molecule has 2 atom stereocenters. The molecule has 68 valence electrons. The van der Waals surface area contributed by atoms with Crippen LogP contribution in [0.15, 0.2) is 29.2 Å². The molecule has 0 saturated carbocycles. The fraction of sp³-hybridized carbons (Fsp3) is 0.222. The molecule has 3 nitrogen and oxygen atoms in total. The van der Waals surface area contributed by atoms with E-state index in [1.165, 1.54) is 11.8 Å². The van der Waals surface area contributed by atoms with Gasteiger partial charge in [0.1, 0.15) is 11.4 Å². The van der Waals surface area contributed by atoms with E-state index in [9.17, 15) is 9.90 Å². The maximum Gasteiger partial charge on any atom is 0.320 e. The standard InChI is InChI=1S/C9H8O3S/c10-7-5-3-1-2-4-6(5)13-8(7)9(11)12/h1-4,7-8,10H,(H,11,12). The third kappa shape index (κ3) is 1.32. The topological polar surface area (TPSA) is 57.5 Å². The zero-order valence-corrected chi connectivity index (χ0v) is 7.49. The largest absolute Gasteiger partial charge is 0.480 e. The van der Waals surface area contributed by atoms with Crippen molar-refractivity contribution in [3.8, 4) is 0 Å². The van der Waals surface area contributed by atoms with Crippen molar-refractivity contribution >= 4 is 17.7 Å². The summed E-state index contributed by atoms with van der Waals surface area (Å²) in [5.41, 5.74) is 0.722. The summed E-state index contributed by atoms with van der Waals surface area (Å²) < 4.78 is 0. The predicted octanol–water partition coefficient (Wildman–Crippen LogP) is 1.28. The van der Waals surface area contributed by atoms with E-state index in [1.807, 2.05) is 12.1 Å². The number of carboxylic acid groups (broad SMARTS) is 1. The molecule has 0 aliphatic carbocycles. The van der Waals surface area contributed by atoms with Crippen LogP contribution in [0, 0.1) is 0 Å². The molecule has 0 amide bonds. The molecule has 0 radical (unpaired) electrons. The highest BCUT2D eigenvalue weighted by Crippen LogP contribution is 2.43. The van der Waals surface area contributed by atoms with E-state index >= 15 is 0 Å². The lowest BCUT2D eigenvalue weighted by molar-refractivity contribution is -0.138. The van der Waals surface area contributed by atoms with Gasteiger partial charge in [-0.05, 0) is 11.6 Å². The van der Waals surface area contributed by atoms with E-state index in [1.54, 1.807) is 12.1 Å². The van der Waals surface area contributed by atoms with E-state index < -0.39 is 17.3 Å². The second kappa shape index (κ2) is 3.05. The monoisotopic (exact) mass is 196 g/mol. The van der Waals surface area contributed by atoms with E-state index in [0.717, 1.165) is 10.5 Å². The summed E-state index contributed by atoms with van der Waals surface area (Å²) >= 11 is 1.20. The molecule has 4 heteroatoms. The molecule has 1 aliphatic rings. The summed E-state index contributed by atoms with van der Waals surface area (Å²) in [6.45, 7) is 0. The van der Waals surface area contributed by atoms with Gasteiger partial charge in [0.2, 0.25) is 0 Å². The van der Waals surface area contributed by atoms with Crippen molar-refractivity contribution < 1.29 is 15.0 Å². The Balaban J connectivity index is 2.38. The Bertz CT molecular complexity index is 350. The van der Waals surface area contributed by atoms with Crippen molar-refractivity contribution in [3.63, 3.8) is 0 Å². The number of benzene rings is 1. The summed E-state index contributed by atoms with van der Waals surface area (Å²) in [4.78, 5) is 11.6. The van der Waals surface area contributed by atoms with Crippen LogP contribution in [0.25, 0.3) is 0 Å². The van der Waals surface area contributed by atoms with Gasteiger partial charge in [-0.1, -0.05) is 18.2 Å². The lowest BCUT2D eigenvalue weighted by Gasteiger charge is -2.07. The van der Waals surface area contributed by atoms with Gasteiger partial charge in [-0.15, -0.1) is 11.8 Å². The van der Waals surface area contributed by atoms with E-state index in [0.29, 0.717) is 0 Å². The Morgan fingerprint density at radius 2 is 2.08 bits per heavy atom. The number of carbonyl (C=O) groups is 1. The van der Waals surface area contributed by atoms with Crippen molar-refractivity contribution in [3.05, 3.63) is 29.8 Å². The summed E-state index contributed by atoms with van der Waals surface area (Å²) in [6.07, 6.45) is -0.876. The van der Waals surface area contributed by atoms with Crippen LogP contribution in [0.1, 0.15) is 11.7 Å². The Kier molecular flexibility index (Phi) is 2.01. The van der Waals surface area contributed by atoms with Gasteiger partial charge >= 0.3 is 5.97 Å². The van der Waals surface area contributed by atoms with E-state index in [4.69, 9.17) is 5.11 Å². The Hall–Kier alpha value is -1.00. The molecule has 0 bridgehead atoms. The molecule has 2 unspecified atom stereocenters. The molecule has 1 aromatic carbocycles. The Labute approximate surface area is 79.4 Å². The minimum Gasteiger partial charge on any atom is -0.480 e. The maximum absolute atomic E-state index is 10.7. The first-order chi connectivity index (χ1) is 6.20. The number of aliphatic carboxylic acids is 1. The van der Waals surface area contributed by atoms with Gasteiger partial charge < -0.3 is 10.2 Å². The Morgan fingerprint density at radius 3 is 2.69 bits per heavy atom. The van der Waals surface area contributed by atoms with Gasteiger partial charge in [-0.3, -0.25) is 4.79 Å². The molecule has 1 heterocycles. The first-order valence-corrected chi connectivity index (χ1v) is 4.74. The van der Waals surface area contributed by atoms with Gasteiger partial charge in [-0.25, -0.2) is 0 Å². The van der Waals surface area contributed by atoms with Gasteiger partial charge in [0, 0.05) is 4.90 Å². The molecular weight excluding hydrogens is 188 g/mol. The molecule has 0 spiro atoms. The number of carboxylic acids is 1. The number of fused-ring (bicyclic) bond motifs is 1. The Morgan fingerprint density at radius 1 is 1.38 bits per heavy atom. The molecule has 0 aromatic heterocycles. The van der Waals surface area contributed by atoms with Gasteiger partial charge in [0.15, 0.2) is 0 Å². The second-order valence-electron chi connectivity index (χ2n) is 2.86. The third-order valence-corrected chi connectivity index (χ3v) is 3.36. The lowest BCUT2D eigenvalue weighted by Crippen LogP contribution is -2.20. The number of thioether (sulfide) groups is 1. The molecular formula is C9H8O3S. The molecule has 1 aliphatic heterocycles. The number of aliphatic hydroxyl groups is 1. The first-order valence-electron chi connectivity index (χ1n) is 3.86. The number of hydrogen-bond donors (Lipinski definition) is 2. The van der Waals surface area contributed by atoms with Crippen LogP contribution in [0.4, 0.5) is 0 Å². The second-order valence-corrected chi connectivity index (χ2v) is 4.04. The van der Waals surface area contributed by atoms with Crippen LogP contribution in [-0.2, 0) is 4.79 Å². The minimum atomic E-state index is -0.964. The summed E-state index contributed by atoms with van der Waals surface area (Å²) in [7, 11) is 0. The zero-order valence-electron chi connectivity index (χ0n) is 6.68. The van der Waals surface area contributed by atoms with Crippen LogP contribution in [0.2, 0.25) is 0 Å². The highest BCUT2D eigenvalue weighted by atomic mass is 32.2. The maximum atomic E-state index is 10.7. The van der Waals surface area contributed by atoms with Crippen LogP contribution in [0.3, 0.4) is 0 Å². The minimum absolute atomic E-state index is 0.722. The molecule has 1 aromatic rings. The predicted molar refractivity (Wildman–Crippen MR) is 48.7 cm³/mol. The summed E-state index contributed by atoms with van der Waals surface area (Å²) in [5.74, 6) is -0.964. The highest BCUT2D eigenvalue weighted by molar-refractivity contribution is 8.01. The van der Waals surface area contributed by atoms with Crippen molar-refractivity contribution in [2.45, 2.75) is 16.2 Å². The fourth-order valence-electron chi connectivity index (χ4n) is 1.38. The van der Waals surface area contributed by atoms with E-state index in [2.05, 4.69) is 0 Å². The normalized spacial score (nSPS) is 25.6. The average Bonchev–Trinajstić information content (AvgIpc) is 2.45. The SMILES string of the molecule is O=C(O)C1Sc2ccccc2C1O. The molecule has 0 saturated heterocycles. The highest BCUT2D eigenvalue weighted by Gasteiger charge is 2.36. The number of rotatable bonds is 1. The molecule has 0 fully saturated rings. The number of hydrogen-bond acceptors (Lipinski definition) is 3. The van der Waals surface area contributed by atoms with E-state index in [-0.39, 0.29) is 0 Å². The van der Waals surface area contributed by atoms with Gasteiger partial charge in [0.25, 0.3) is 0 Å². The molecule has 2 rings (SSSR count). The lowest BCUT2D eigenvalue weighted by atomic mass is 10.1. The van der Waals surface area contributed by atoms with Gasteiger partial charge in [-0.2, -0.15) is 0 Å². The third-order valence-electron chi connectivity index (χ3n) is 2.02. The number of aliphatic hydroxyl groups excluding tert-OH is 1. The summed E-state index contributed by atoms with van der Waals surface area (Å²) in [5, 5.41) is 17.6. The fourth-order valence-corrected chi connectivity index (χ4v) is 2.51. The van der Waals surface area contributed by atoms with Crippen LogP contribution in [0.5, 0.6) is 0 Å². The summed E-state index contributed by atoms with van der Waals surface area (Å²) in [6, 6.07) is 7.22. The van der Waals surface area contributed by atoms with Crippen molar-refractivity contribution in [2.75, 3.05) is 0 Å². The smallest absolute Gasteiger partial charge is 0.320 e.